The molecule has 0 saturated heterocycles. The molecule has 0 saturated carbocycles. The Morgan fingerprint density at radius 1 is 1.00 bits per heavy atom. The van der Waals surface area contributed by atoms with Gasteiger partial charge in [0.25, 0.3) is 11.5 Å². The first-order chi connectivity index (χ1) is 16.6. The van der Waals surface area contributed by atoms with Crippen LogP contribution in [0.4, 0.5) is 5.69 Å². The molecule has 1 aliphatic rings. The topological polar surface area (TPSA) is 86.9 Å². The number of amides is 1. The number of rotatable bonds is 6. The monoisotopic (exact) mass is 458 g/mol. The minimum atomic E-state index is -0.244. The van der Waals surface area contributed by atoms with Crippen LogP contribution >= 0.6 is 0 Å². The summed E-state index contributed by atoms with van der Waals surface area (Å²) in [6.45, 7) is 0.421. The third-order valence-corrected chi connectivity index (χ3v) is 6.21. The van der Waals surface area contributed by atoms with Crippen LogP contribution in [0.25, 0.3) is 5.52 Å². The lowest BCUT2D eigenvalue weighted by Crippen LogP contribution is -2.23. The van der Waals surface area contributed by atoms with Gasteiger partial charge in [0, 0.05) is 47.4 Å². The van der Waals surface area contributed by atoms with Crippen LogP contribution in [-0.4, -0.2) is 34.3 Å². The maximum Gasteiger partial charge on any atom is 0.277 e. The molecule has 0 fully saturated rings. The molecule has 0 atom stereocenters. The second-order valence-corrected chi connectivity index (χ2v) is 8.41. The zero-order valence-corrected chi connectivity index (χ0v) is 19.2. The number of hydrogen-bond donors (Lipinski definition) is 1. The highest BCUT2D eigenvalue weighted by Crippen LogP contribution is 2.26. The van der Waals surface area contributed by atoms with Gasteiger partial charge < -0.3 is 19.4 Å². The molecule has 0 unspecified atom stereocenters. The fraction of sp³-hybridized carbons (Fsp3) is 0.269. The first kappa shape index (κ1) is 21.8. The highest BCUT2D eigenvalue weighted by atomic mass is 16.5. The van der Waals surface area contributed by atoms with E-state index in [0.717, 1.165) is 42.5 Å². The number of benzene rings is 2. The van der Waals surface area contributed by atoms with Crippen LogP contribution in [0.2, 0.25) is 0 Å². The zero-order valence-electron chi connectivity index (χ0n) is 19.2. The normalized spacial score (nSPS) is 12.9. The van der Waals surface area contributed by atoms with E-state index in [-0.39, 0.29) is 11.5 Å². The second kappa shape index (κ2) is 9.05. The molecule has 0 radical (unpaired) electrons. The summed E-state index contributed by atoms with van der Waals surface area (Å²) >= 11 is 0. The quantitative estimate of drug-likeness (QED) is 0.476. The summed E-state index contributed by atoms with van der Waals surface area (Å²) in [4.78, 5) is 25.9. The molecule has 1 N–H and O–H groups in total. The number of methoxy groups -OCH3 is 2. The smallest absolute Gasteiger partial charge is 0.277 e. The Morgan fingerprint density at radius 3 is 2.41 bits per heavy atom. The SMILES string of the molecule is COc1cc(NC(=O)c2ccc(Cn3ccn4nc5c(c4c3=O)CCCC5)cc2)cc(OC)c1. The highest BCUT2D eigenvalue weighted by Gasteiger charge is 2.19. The third kappa shape index (κ3) is 4.14. The largest absolute Gasteiger partial charge is 0.497 e. The van der Waals surface area contributed by atoms with Gasteiger partial charge in [-0.2, -0.15) is 5.10 Å². The van der Waals surface area contributed by atoms with Crippen molar-refractivity contribution in [2.45, 2.75) is 32.2 Å². The van der Waals surface area contributed by atoms with Crippen molar-refractivity contribution in [1.82, 2.24) is 14.2 Å². The van der Waals surface area contributed by atoms with Gasteiger partial charge in [0.15, 0.2) is 0 Å². The molecule has 34 heavy (non-hydrogen) atoms. The molecular weight excluding hydrogens is 432 g/mol. The van der Waals surface area contributed by atoms with Gasteiger partial charge in [0.05, 0.1) is 26.5 Å². The fourth-order valence-electron chi connectivity index (χ4n) is 4.42. The van der Waals surface area contributed by atoms with E-state index < -0.39 is 0 Å². The number of hydrogen-bond acceptors (Lipinski definition) is 5. The summed E-state index contributed by atoms with van der Waals surface area (Å²) in [5, 5.41) is 7.46. The number of anilines is 1. The molecule has 2 heterocycles. The Kier molecular flexibility index (Phi) is 5.79. The Morgan fingerprint density at radius 2 is 1.71 bits per heavy atom. The zero-order chi connectivity index (χ0) is 23.7. The molecule has 0 spiro atoms. The van der Waals surface area contributed by atoms with E-state index in [2.05, 4.69) is 10.4 Å². The summed E-state index contributed by atoms with van der Waals surface area (Å²) in [5.74, 6) is 0.935. The van der Waals surface area contributed by atoms with Gasteiger partial charge in [-0.3, -0.25) is 9.59 Å². The molecule has 0 aliphatic heterocycles. The molecule has 1 amide bonds. The summed E-state index contributed by atoms with van der Waals surface area (Å²) in [6.07, 6.45) is 7.67. The number of aryl methyl sites for hydroxylation is 2. The Hall–Kier alpha value is -4.07. The molecule has 0 bridgehead atoms. The number of fused-ring (bicyclic) bond motifs is 3. The molecule has 1 aliphatic carbocycles. The number of aromatic nitrogens is 3. The van der Waals surface area contributed by atoms with E-state index in [9.17, 15) is 9.59 Å². The van der Waals surface area contributed by atoms with Crippen molar-refractivity contribution in [3.8, 4) is 11.5 Å². The summed E-state index contributed by atoms with van der Waals surface area (Å²) in [5.41, 5.74) is 4.80. The highest BCUT2D eigenvalue weighted by molar-refractivity contribution is 6.04. The Bertz CT molecular complexity index is 1400. The van der Waals surface area contributed by atoms with Crippen LogP contribution in [0, 0.1) is 0 Å². The second-order valence-electron chi connectivity index (χ2n) is 8.41. The maximum atomic E-state index is 13.2. The minimum Gasteiger partial charge on any atom is -0.497 e. The first-order valence-electron chi connectivity index (χ1n) is 11.3. The van der Waals surface area contributed by atoms with Crippen molar-refractivity contribution in [1.29, 1.82) is 0 Å². The first-order valence-corrected chi connectivity index (χ1v) is 11.3. The molecule has 2 aromatic heterocycles. The van der Waals surface area contributed by atoms with Gasteiger partial charge in [-0.15, -0.1) is 0 Å². The van der Waals surface area contributed by atoms with Gasteiger partial charge in [-0.25, -0.2) is 4.52 Å². The van der Waals surface area contributed by atoms with Crippen molar-refractivity contribution < 1.29 is 14.3 Å². The Labute approximate surface area is 196 Å². The molecule has 5 rings (SSSR count). The van der Waals surface area contributed by atoms with E-state index in [1.54, 1.807) is 59.8 Å². The van der Waals surface area contributed by atoms with Gasteiger partial charge in [-0.1, -0.05) is 12.1 Å². The van der Waals surface area contributed by atoms with E-state index in [1.165, 1.54) is 0 Å². The number of nitrogens with zero attached hydrogens (tertiary/aromatic N) is 3. The van der Waals surface area contributed by atoms with Crippen molar-refractivity contribution in [2.24, 2.45) is 0 Å². The van der Waals surface area contributed by atoms with Crippen LogP contribution in [0.1, 0.15) is 40.0 Å². The van der Waals surface area contributed by atoms with E-state index >= 15 is 0 Å². The van der Waals surface area contributed by atoms with Crippen LogP contribution in [-0.2, 0) is 19.4 Å². The minimum absolute atomic E-state index is 0.0352. The van der Waals surface area contributed by atoms with Gasteiger partial charge >= 0.3 is 0 Å². The molecule has 8 heteroatoms. The number of carbonyl (C=O) groups excluding carboxylic acids is 1. The standard InChI is InChI=1S/C26H26N4O4/c1-33-20-13-19(14-21(15-20)34-2)27-25(31)18-9-7-17(8-10-18)16-29-11-12-30-24(26(29)32)22-5-3-4-6-23(22)28-30/h7-15H,3-6,16H2,1-2H3,(H,27,31). The fourth-order valence-corrected chi connectivity index (χ4v) is 4.42. The molecule has 4 aromatic rings. The summed E-state index contributed by atoms with van der Waals surface area (Å²) in [7, 11) is 3.12. The van der Waals surface area contributed by atoms with Gasteiger partial charge in [0.1, 0.15) is 17.0 Å². The van der Waals surface area contributed by atoms with Crippen LogP contribution in [0.3, 0.4) is 0 Å². The predicted octanol–water partition coefficient (Wildman–Crippen LogP) is 3.69. The Balaban J connectivity index is 1.34. The van der Waals surface area contributed by atoms with Gasteiger partial charge in [0.2, 0.25) is 0 Å². The maximum absolute atomic E-state index is 13.2. The van der Waals surface area contributed by atoms with Crippen LogP contribution in [0.5, 0.6) is 11.5 Å². The predicted molar refractivity (Wildman–Crippen MR) is 129 cm³/mol. The van der Waals surface area contributed by atoms with Crippen molar-refractivity contribution >= 4 is 17.1 Å². The number of ether oxygens (including phenoxy) is 2. The lowest BCUT2D eigenvalue weighted by Gasteiger charge is -2.11. The molecule has 2 aromatic carbocycles. The van der Waals surface area contributed by atoms with Crippen molar-refractivity contribution in [3.05, 3.63) is 87.6 Å². The lowest BCUT2D eigenvalue weighted by molar-refractivity contribution is 0.102. The molecular formula is C26H26N4O4. The average molecular weight is 459 g/mol. The van der Waals surface area contributed by atoms with Gasteiger partial charge in [-0.05, 0) is 43.4 Å². The van der Waals surface area contributed by atoms with Crippen molar-refractivity contribution in [2.75, 3.05) is 19.5 Å². The van der Waals surface area contributed by atoms with Crippen molar-refractivity contribution in [3.63, 3.8) is 0 Å². The average Bonchev–Trinajstić information content (AvgIpc) is 3.25. The summed E-state index contributed by atoms with van der Waals surface area (Å²) in [6, 6.07) is 12.4. The molecule has 174 valence electrons. The lowest BCUT2D eigenvalue weighted by atomic mass is 9.97. The number of nitrogens with one attached hydrogen (secondary N) is 1. The number of carbonyl (C=O) groups is 1. The van der Waals surface area contributed by atoms with E-state index in [0.29, 0.717) is 34.8 Å². The van der Waals surface area contributed by atoms with E-state index in [4.69, 9.17) is 9.47 Å². The van der Waals surface area contributed by atoms with Crippen LogP contribution in [0.15, 0.2) is 59.7 Å². The van der Waals surface area contributed by atoms with E-state index in [1.807, 2.05) is 18.3 Å². The summed E-state index contributed by atoms with van der Waals surface area (Å²) < 4.78 is 13.9. The third-order valence-electron chi connectivity index (χ3n) is 6.21. The van der Waals surface area contributed by atoms with Crippen LogP contribution < -0.4 is 20.3 Å². The molecule has 8 nitrogen and oxygen atoms in total.